The Morgan fingerprint density at radius 2 is 2.23 bits per heavy atom. The molecule has 0 aliphatic heterocycles. The molecule has 0 amide bonds. The Labute approximate surface area is 82.5 Å². The van der Waals surface area contributed by atoms with Gasteiger partial charge in [0.2, 0.25) is 0 Å². The van der Waals surface area contributed by atoms with Crippen LogP contribution in [0.25, 0.3) is 0 Å². The first-order valence-corrected chi connectivity index (χ1v) is 6.76. The summed E-state index contributed by atoms with van der Waals surface area (Å²) in [6, 6.07) is 1.62. The van der Waals surface area contributed by atoms with Crippen LogP contribution in [0.4, 0.5) is 0 Å². The van der Waals surface area contributed by atoms with E-state index < -0.39 is 9.84 Å². The molecule has 0 saturated heterocycles. The second-order valence-electron chi connectivity index (χ2n) is 2.97. The molecule has 0 saturated carbocycles. The van der Waals surface area contributed by atoms with Gasteiger partial charge in [0.15, 0.2) is 9.84 Å². The van der Waals surface area contributed by atoms with E-state index in [-0.39, 0.29) is 6.04 Å². The molecule has 3 nitrogen and oxygen atoms in total. The molecule has 0 aromatic carbocycles. The van der Waals surface area contributed by atoms with Crippen molar-refractivity contribution in [2.45, 2.75) is 24.3 Å². The van der Waals surface area contributed by atoms with Crippen LogP contribution >= 0.6 is 11.3 Å². The maximum Gasteiger partial charge on any atom is 0.176 e. The average molecular weight is 219 g/mol. The fourth-order valence-electron chi connectivity index (χ4n) is 0.924. The summed E-state index contributed by atoms with van der Waals surface area (Å²) in [5.41, 5.74) is 5.77. The summed E-state index contributed by atoms with van der Waals surface area (Å²) in [6.07, 6.45) is 2.03. The smallest absolute Gasteiger partial charge is 0.176 e. The van der Waals surface area contributed by atoms with Crippen LogP contribution in [0.5, 0.6) is 0 Å². The third-order valence-electron chi connectivity index (χ3n) is 1.83. The molecule has 0 aliphatic rings. The molecular weight excluding hydrogens is 206 g/mol. The Balaban J connectivity index is 3.00. The Morgan fingerprint density at radius 3 is 2.62 bits per heavy atom. The van der Waals surface area contributed by atoms with Gasteiger partial charge < -0.3 is 5.73 Å². The highest BCUT2D eigenvalue weighted by Gasteiger charge is 2.12. The van der Waals surface area contributed by atoms with Crippen LogP contribution in [0.15, 0.2) is 16.3 Å². The van der Waals surface area contributed by atoms with Crippen LogP contribution in [0.3, 0.4) is 0 Å². The standard InChI is InChI=1S/C8H13NO2S2/c1-3-7(9)8-4-6(5-12-8)13(2,10)11/h4-5,7H,3,9H2,1-2H3. The number of nitrogens with two attached hydrogens (primary N) is 1. The minimum atomic E-state index is -3.07. The van der Waals surface area contributed by atoms with Crippen molar-refractivity contribution in [3.05, 3.63) is 16.3 Å². The van der Waals surface area contributed by atoms with Crippen molar-refractivity contribution < 1.29 is 8.42 Å². The first-order valence-electron chi connectivity index (χ1n) is 3.99. The lowest BCUT2D eigenvalue weighted by atomic mass is 10.2. The van der Waals surface area contributed by atoms with Crippen molar-refractivity contribution in [2.24, 2.45) is 5.73 Å². The van der Waals surface area contributed by atoms with Gasteiger partial charge in [-0.05, 0) is 12.5 Å². The van der Waals surface area contributed by atoms with Crippen molar-refractivity contribution in [1.29, 1.82) is 0 Å². The van der Waals surface area contributed by atoms with Gasteiger partial charge in [0.25, 0.3) is 0 Å². The normalized spacial score (nSPS) is 14.4. The van der Waals surface area contributed by atoms with E-state index >= 15 is 0 Å². The van der Waals surface area contributed by atoms with Gasteiger partial charge in [-0.3, -0.25) is 0 Å². The summed E-state index contributed by atoms with van der Waals surface area (Å²) in [5, 5.41) is 1.64. The lowest BCUT2D eigenvalue weighted by molar-refractivity contribution is 0.602. The summed E-state index contributed by atoms with van der Waals surface area (Å²) in [7, 11) is -3.07. The topological polar surface area (TPSA) is 60.2 Å². The number of thiophene rings is 1. The summed E-state index contributed by atoms with van der Waals surface area (Å²) < 4.78 is 22.2. The van der Waals surface area contributed by atoms with Crippen LogP contribution in [-0.4, -0.2) is 14.7 Å². The number of rotatable bonds is 3. The van der Waals surface area contributed by atoms with Gasteiger partial charge in [-0.15, -0.1) is 11.3 Å². The Hall–Kier alpha value is -0.390. The van der Waals surface area contributed by atoms with Crippen molar-refractivity contribution in [2.75, 3.05) is 6.26 Å². The highest BCUT2D eigenvalue weighted by atomic mass is 32.2. The molecule has 0 fully saturated rings. The Bertz CT molecular complexity index is 381. The van der Waals surface area contributed by atoms with E-state index in [4.69, 9.17) is 5.73 Å². The van der Waals surface area contributed by atoms with Gasteiger partial charge in [0, 0.05) is 22.6 Å². The predicted octanol–water partition coefficient (Wildman–Crippen LogP) is 1.56. The maximum absolute atomic E-state index is 11.1. The molecule has 1 aromatic heterocycles. The van der Waals surface area contributed by atoms with Gasteiger partial charge in [0.1, 0.15) is 0 Å². The lowest BCUT2D eigenvalue weighted by Crippen LogP contribution is -2.06. The Kier molecular flexibility index (Phi) is 3.10. The molecule has 1 unspecified atom stereocenters. The van der Waals surface area contributed by atoms with Crippen LogP contribution in [0.1, 0.15) is 24.3 Å². The number of hydrogen-bond acceptors (Lipinski definition) is 4. The Morgan fingerprint density at radius 1 is 1.62 bits per heavy atom. The molecular formula is C8H13NO2S2. The van der Waals surface area contributed by atoms with E-state index in [9.17, 15) is 8.42 Å². The first-order chi connectivity index (χ1) is 5.95. The van der Waals surface area contributed by atoms with E-state index in [2.05, 4.69) is 0 Å². The second-order valence-corrected chi connectivity index (χ2v) is 5.93. The summed E-state index contributed by atoms with van der Waals surface area (Å²) in [4.78, 5) is 1.30. The van der Waals surface area contributed by atoms with Gasteiger partial charge in [0.05, 0.1) is 4.90 Å². The molecule has 1 aromatic rings. The quantitative estimate of drug-likeness (QED) is 0.839. The molecule has 0 aliphatic carbocycles. The van der Waals surface area contributed by atoms with Crippen molar-refractivity contribution in [1.82, 2.24) is 0 Å². The largest absolute Gasteiger partial charge is 0.323 e. The molecule has 13 heavy (non-hydrogen) atoms. The summed E-state index contributed by atoms with van der Waals surface area (Å²) in [5.74, 6) is 0. The fraction of sp³-hybridized carbons (Fsp3) is 0.500. The minimum Gasteiger partial charge on any atom is -0.323 e. The molecule has 1 rings (SSSR count). The zero-order valence-corrected chi connectivity index (χ0v) is 9.28. The highest BCUT2D eigenvalue weighted by molar-refractivity contribution is 7.90. The van der Waals surface area contributed by atoms with Gasteiger partial charge >= 0.3 is 0 Å². The monoisotopic (exact) mass is 219 g/mol. The summed E-state index contributed by atoms with van der Waals surface area (Å²) in [6.45, 7) is 1.98. The van der Waals surface area contributed by atoms with Gasteiger partial charge in [-0.1, -0.05) is 6.92 Å². The number of hydrogen-bond donors (Lipinski definition) is 1. The fourth-order valence-corrected chi connectivity index (χ4v) is 3.04. The average Bonchev–Trinajstić information content (AvgIpc) is 2.50. The molecule has 0 bridgehead atoms. The van der Waals surface area contributed by atoms with E-state index in [0.29, 0.717) is 4.90 Å². The van der Waals surface area contributed by atoms with E-state index in [1.807, 2.05) is 6.92 Å². The minimum absolute atomic E-state index is 0.0412. The zero-order valence-electron chi connectivity index (χ0n) is 7.65. The van der Waals surface area contributed by atoms with E-state index in [1.54, 1.807) is 11.4 Å². The zero-order chi connectivity index (χ0) is 10.1. The number of sulfone groups is 1. The van der Waals surface area contributed by atoms with Crippen molar-refractivity contribution in [3.63, 3.8) is 0 Å². The highest BCUT2D eigenvalue weighted by Crippen LogP contribution is 2.25. The van der Waals surface area contributed by atoms with Gasteiger partial charge in [-0.25, -0.2) is 8.42 Å². The SMILES string of the molecule is CCC(N)c1cc(S(C)(=O)=O)cs1. The van der Waals surface area contributed by atoms with Crippen LogP contribution in [-0.2, 0) is 9.84 Å². The van der Waals surface area contributed by atoms with Crippen molar-refractivity contribution >= 4 is 21.2 Å². The third-order valence-corrected chi connectivity index (χ3v) is 4.13. The van der Waals surface area contributed by atoms with E-state index in [0.717, 1.165) is 11.3 Å². The third kappa shape index (κ3) is 2.52. The van der Waals surface area contributed by atoms with Crippen LogP contribution in [0, 0.1) is 0 Å². The molecule has 1 atom stereocenters. The molecule has 2 N–H and O–H groups in total. The molecule has 0 spiro atoms. The summed E-state index contributed by atoms with van der Waals surface area (Å²) >= 11 is 1.40. The molecule has 0 radical (unpaired) electrons. The van der Waals surface area contributed by atoms with Gasteiger partial charge in [-0.2, -0.15) is 0 Å². The molecule has 74 valence electrons. The first kappa shape index (κ1) is 10.7. The maximum atomic E-state index is 11.1. The second kappa shape index (κ2) is 3.77. The molecule has 1 heterocycles. The van der Waals surface area contributed by atoms with Crippen LogP contribution < -0.4 is 5.73 Å². The predicted molar refractivity (Wildman–Crippen MR) is 54.6 cm³/mol. The lowest BCUT2D eigenvalue weighted by Gasteiger charge is -2.03. The molecule has 5 heteroatoms. The van der Waals surface area contributed by atoms with E-state index in [1.165, 1.54) is 17.6 Å². The van der Waals surface area contributed by atoms with Crippen molar-refractivity contribution in [3.8, 4) is 0 Å². The van der Waals surface area contributed by atoms with Crippen LogP contribution in [0.2, 0.25) is 0 Å².